The number of carbonyl (C=O) groups is 1. The molecule has 3 aromatic rings. The van der Waals surface area contributed by atoms with E-state index in [9.17, 15) is 9.59 Å². The lowest BCUT2D eigenvalue weighted by Crippen LogP contribution is -2.39. The molecule has 1 aromatic heterocycles. The highest BCUT2D eigenvalue weighted by Gasteiger charge is 2.14. The zero-order chi connectivity index (χ0) is 18.5. The molecule has 1 amide bonds. The van der Waals surface area contributed by atoms with Crippen molar-refractivity contribution in [3.05, 3.63) is 70.6 Å². The highest BCUT2D eigenvalue weighted by molar-refractivity contribution is 5.80. The standard InChI is InChI=1S/C20H21N3O3/c1-14-20(25)23(18-11-7-6-10-17(18)22-14)13-12-21-19(24)15(2)26-16-8-4-3-5-9-16/h3-11,15H,12-13H2,1-2H3,(H,21,24). The molecule has 0 fully saturated rings. The molecule has 0 bridgehead atoms. The summed E-state index contributed by atoms with van der Waals surface area (Å²) in [5, 5.41) is 2.82. The number of aryl methyl sites for hydroxylation is 1. The van der Waals surface area contributed by atoms with Gasteiger partial charge in [0.05, 0.1) is 11.0 Å². The molecule has 0 aliphatic carbocycles. The summed E-state index contributed by atoms with van der Waals surface area (Å²) in [6.07, 6.45) is -0.620. The minimum absolute atomic E-state index is 0.147. The van der Waals surface area contributed by atoms with Crippen molar-refractivity contribution in [1.82, 2.24) is 14.9 Å². The lowest BCUT2D eigenvalue weighted by atomic mass is 10.2. The van der Waals surface area contributed by atoms with Crippen LogP contribution in [0.2, 0.25) is 0 Å². The summed E-state index contributed by atoms with van der Waals surface area (Å²) in [7, 11) is 0. The Balaban J connectivity index is 1.65. The van der Waals surface area contributed by atoms with Crippen molar-refractivity contribution < 1.29 is 9.53 Å². The Bertz CT molecular complexity index is 967. The maximum Gasteiger partial charge on any atom is 0.272 e. The first kappa shape index (κ1) is 17.7. The summed E-state index contributed by atoms with van der Waals surface area (Å²) in [4.78, 5) is 28.9. The minimum Gasteiger partial charge on any atom is -0.481 e. The maximum atomic E-state index is 12.4. The number of rotatable bonds is 6. The molecule has 134 valence electrons. The van der Waals surface area contributed by atoms with Gasteiger partial charge in [-0.05, 0) is 38.1 Å². The van der Waals surface area contributed by atoms with Crippen molar-refractivity contribution in [2.45, 2.75) is 26.5 Å². The summed E-state index contributed by atoms with van der Waals surface area (Å²) < 4.78 is 7.24. The van der Waals surface area contributed by atoms with Gasteiger partial charge in [0.15, 0.2) is 6.10 Å². The van der Waals surface area contributed by atoms with Crippen molar-refractivity contribution in [3.63, 3.8) is 0 Å². The van der Waals surface area contributed by atoms with Gasteiger partial charge in [-0.2, -0.15) is 0 Å². The molecule has 6 nitrogen and oxygen atoms in total. The van der Waals surface area contributed by atoms with Crippen molar-refractivity contribution >= 4 is 16.9 Å². The molecule has 2 aromatic carbocycles. The monoisotopic (exact) mass is 351 g/mol. The van der Waals surface area contributed by atoms with Gasteiger partial charge in [-0.1, -0.05) is 30.3 Å². The van der Waals surface area contributed by atoms with Crippen LogP contribution in [0.3, 0.4) is 0 Å². The molecule has 1 heterocycles. The fourth-order valence-corrected chi connectivity index (χ4v) is 2.73. The first-order valence-corrected chi connectivity index (χ1v) is 8.52. The van der Waals surface area contributed by atoms with Crippen LogP contribution >= 0.6 is 0 Å². The Labute approximate surface area is 151 Å². The van der Waals surface area contributed by atoms with E-state index in [2.05, 4.69) is 10.3 Å². The van der Waals surface area contributed by atoms with E-state index in [1.807, 2.05) is 42.5 Å². The quantitative estimate of drug-likeness (QED) is 0.739. The van der Waals surface area contributed by atoms with Crippen molar-refractivity contribution in [2.75, 3.05) is 6.54 Å². The number of ether oxygens (including phenoxy) is 1. The van der Waals surface area contributed by atoms with Gasteiger partial charge in [0.1, 0.15) is 11.4 Å². The Kier molecular flexibility index (Phi) is 5.31. The molecule has 1 N–H and O–H groups in total. The van der Waals surface area contributed by atoms with Gasteiger partial charge in [-0.15, -0.1) is 0 Å². The molecule has 0 aliphatic heterocycles. The van der Waals surface area contributed by atoms with Crippen molar-refractivity contribution in [3.8, 4) is 5.75 Å². The van der Waals surface area contributed by atoms with E-state index >= 15 is 0 Å². The number of aromatic nitrogens is 2. The molecule has 3 rings (SSSR count). The van der Waals surface area contributed by atoms with Gasteiger partial charge >= 0.3 is 0 Å². The second-order valence-corrected chi connectivity index (χ2v) is 6.01. The van der Waals surface area contributed by atoms with Crippen LogP contribution in [0.25, 0.3) is 11.0 Å². The minimum atomic E-state index is -0.620. The Morgan fingerprint density at radius 3 is 2.62 bits per heavy atom. The van der Waals surface area contributed by atoms with Crippen LogP contribution in [0.1, 0.15) is 12.6 Å². The summed E-state index contributed by atoms with van der Waals surface area (Å²) >= 11 is 0. The normalized spacial score (nSPS) is 11.9. The number of hydrogen-bond acceptors (Lipinski definition) is 4. The van der Waals surface area contributed by atoms with Gasteiger partial charge in [-0.3, -0.25) is 9.59 Å². The number of benzene rings is 2. The van der Waals surface area contributed by atoms with E-state index in [0.29, 0.717) is 24.5 Å². The highest BCUT2D eigenvalue weighted by atomic mass is 16.5. The molecule has 0 spiro atoms. The van der Waals surface area contributed by atoms with Crippen LogP contribution in [-0.2, 0) is 11.3 Å². The van der Waals surface area contributed by atoms with Crippen LogP contribution in [0.5, 0.6) is 5.75 Å². The predicted octanol–water partition coefficient (Wildman–Crippen LogP) is 2.29. The zero-order valence-electron chi connectivity index (χ0n) is 14.8. The Morgan fingerprint density at radius 1 is 1.15 bits per heavy atom. The van der Waals surface area contributed by atoms with Crippen LogP contribution < -0.4 is 15.6 Å². The second kappa shape index (κ2) is 7.82. The first-order chi connectivity index (χ1) is 12.6. The molecular formula is C20H21N3O3. The largest absolute Gasteiger partial charge is 0.481 e. The number of nitrogens with one attached hydrogen (secondary N) is 1. The molecule has 0 saturated heterocycles. The van der Waals surface area contributed by atoms with Gasteiger partial charge in [0, 0.05) is 13.1 Å². The summed E-state index contributed by atoms with van der Waals surface area (Å²) in [5.74, 6) is 0.416. The summed E-state index contributed by atoms with van der Waals surface area (Å²) in [6, 6.07) is 16.7. The third kappa shape index (κ3) is 3.91. The van der Waals surface area contributed by atoms with Crippen molar-refractivity contribution in [2.24, 2.45) is 0 Å². The number of hydrogen-bond donors (Lipinski definition) is 1. The molecule has 6 heteroatoms. The fraction of sp³-hybridized carbons (Fsp3) is 0.250. The first-order valence-electron chi connectivity index (χ1n) is 8.52. The van der Waals surface area contributed by atoms with E-state index in [0.717, 1.165) is 11.0 Å². The SMILES string of the molecule is Cc1nc2ccccc2n(CCNC(=O)C(C)Oc2ccccc2)c1=O. The third-order valence-corrected chi connectivity index (χ3v) is 4.08. The second-order valence-electron chi connectivity index (χ2n) is 6.01. The molecule has 0 radical (unpaired) electrons. The molecule has 0 aliphatic rings. The van der Waals surface area contributed by atoms with Crippen LogP contribution in [0.15, 0.2) is 59.4 Å². The predicted molar refractivity (Wildman–Crippen MR) is 100 cm³/mol. The Morgan fingerprint density at radius 2 is 1.85 bits per heavy atom. The highest BCUT2D eigenvalue weighted by Crippen LogP contribution is 2.11. The van der Waals surface area contributed by atoms with Crippen LogP contribution in [0.4, 0.5) is 0 Å². The average molecular weight is 351 g/mol. The number of para-hydroxylation sites is 3. The lowest BCUT2D eigenvalue weighted by Gasteiger charge is -2.16. The number of carbonyl (C=O) groups excluding carboxylic acids is 1. The van der Waals surface area contributed by atoms with E-state index in [-0.39, 0.29) is 11.5 Å². The summed E-state index contributed by atoms with van der Waals surface area (Å²) in [5.41, 5.74) is 1.81. The molecule has 1 atom stereocenters. The van der Waals surface area contributed by atoms with Crippen molar-refractivity contribution in [1.29, 1.82) is 0 Å². The van der Waals surface area contributed by atoms with E-state index in [1.54, 1.807) is 30.5 Å². The fourth-order valence-electron chi connectivity index (χ4n) is 2.73. The molecule has 1 unspecified atom stereocenters. The molecular weight excluding hydrogens is 330 g/mol. The van der Waals surface area contributed by atoms with Gasteiger partial charge in [-0.25, -0.2) is 4.98 Å². The zero-order valence-corrected chi connectivity index (χ0v) is 14.8. The summed E-state index contributed by atoms with van der Waals surface area (Å²) in [6.45, 7) is 4.08. The topological polar surface area (TPSA) is 73.2 Å². The third-order valence-electron chi connectivity index (χ3n) is 4.08. The number of nitrogens with zero attached hydrogens (tertiary/aromatic N) is 2. The van der Waals surface area contributed by atoms with E-state index in [4.69, 9.17) is 4.74 Å². The van der Waals surface area contributed by atoms with Crippen LogP contribution in [-0.4, -0.2) is 28.1 Å². The smallest absolute Gasteiger partial charge is 0.272 e. The maximum absolute atomic E-state index is 12.4. The molecule has 26 heavy (non-hydrogen) atoms. The molecule has 0 saturated carbocycles. The van der Waals surface area contributed by atoms with Crippen LogP contribution in [0, 0.1) is 6.92 Å². The average Bonchev–Trinajstić information content (AvgIpc) is 2.65. The van der Waals surface area contributed by atoms with Gasteiger partial charge in [0.25, 0.3) is 11.5 Å². The van der Waals surface area contributed by atoms with E-state index < -0.39 is 6.10 Å². The van der Waals surface area contributed by atoms with Gasteiger partial charge in [0.2, 0.25) is 0 Å². The van der Waals surface area contributed by atoms with Gasteiger partial charge < -0.3 is 14.6 Å². The van der Waals surface area contributed by atoms with E-state index in [1.165, 1.54) is 0 Å². The lowest BCUT2D eigenvalue weighted by molar-refractivity contribution is -0.127. The number of amides is 1. The Hall–Kier alpha value is -3.15. The number of fused-ring (bicyclic) bond motifs is 1.